The van der Waals surface area contributed by atoms with E-state index in [0.29, 0.717) is 37.1 Å². The van der Waals surface area contributed by atoms with Crippen molar-refractivity contribution >= 4 is 69.6 Å². The predicted molar refractivity (Wildman–Crippen MR) is 81.5 cm³/mol. The van der Waals surface area contributed by atoms with Crippen LogP contribution in [-0.2, 0) is 4.87 Å². The number of hydrogen-bond acceptors (Lipinski definition) is 0. The topological polar surface area (TPSA) is 0 Å². The van der Waals surface area contributed by atoms with Crippen molar-refractivity contribution in [3.05, 3.63) is 55.0 Å². The van der Waals surface area contributed by atoms with Gasteiger partial charge in [-0.2, -0.15) is 0 Å². The summed E-state index contributed by atoms with van der Waals surface area (Å²) in [7, 11) is 0. The Balaban J connectivity index is 2.53. The molecule has 18 heavy (non-hydrogen) atoms. The molecule has 0 fully saturated rings. The van der Waals surface area contributed by atoms with E-state index in [0.717, 1.165) is 0 Å². The smallest absolute Gasteiger partial charge is 0.0942 e. The van der Waals surface area contributed by atoms with Gasteiger partial charge in [-0.3, -0.25) is 0 Å². The summed E-state index contributed by atoms with van der Waals surface area (Å²) in [5.41, 5.74) is 0.652. The van der Waals surface area contributed by atoms with Gasteiger partial charge in [0.2, 0.25) is 0 Å². The van der Waals surface area contributed by atoms with Gasteiger partial charge < -0.3 is 0 Å². The first-order chi connectivity index (χ1) is 8.33. The molecule has 0 nitrogen and oxygen atoms in total. The van der Waals surface area contributed by atoms with Crippen LogP contribution in [0.4, 0.5) is 0 Å². The number of benzene rings is 1. The molecule has 0 heterocycles. The average Bonchev–Trinajstić information content (AvgIpc) is 2.29. The maximum Gasteiger partial charge on any atom is 0.0942 e. The van der Waals surface area contributed by atoms with Crippen molar-refractivity contribution in [2.45, 2.75) is 11.3 Å². The lowest BCUT2D eigenvalue weighted by atomic mass is 9.91. The zero-order chi connectivity index (χ0) is 13.5. The number of hydrogen-bond donors (Lipinski definition) is 0. The number of allylic oxidation sites excluding steroid dienone is 4. The van der Waals surface area contributed by atoms with Crippen molar-refractivity contribution in [3.63, 3.8) is 0 Å². The number of halogens is 6. The van der Waals surface area contributed by atoms with Crippen LogP contribution in [0.5, 0.6) is 0 Å². The van der Waals surface area contributed by atoms with Crippen molar-refractivity contribution in [1.82, 2.24) is 0 Å². The fourth-order valence-corrected chi connectivity index (χ4v) is 3.25. The fourth-order valence-electron chi connectivity index (χ4n) is 1.69. The first-order valence-electron chi connectivity index (χ1n) is 4.92. The van der Waals surface area contributed by atoms with E-state index in [-0.39, 0.29) is 0 Å². The van der Waals surface area contributed by atoms with Gasteiger partial charge in [-0.05, 0) is 30.2 Å². The van der Waals surface area contributed by atoms with Crippen LogP contribution in [0, 0.1) is 0 Å². The second-order valence-corrected chi connectivity index (χ2v) is 6.57. The van der Waals surface area contributed by atoms with Crippen molar-refractivity contribution in [1.29, 1.82) is 0 Å². The van der Waals surface area contributed by atoms with Gasteiger partial charge in [0.25, 0.3) is 0 Å². The molecule has 2 rings (SSSR count). The van der Waals surface area contributed by atoms with E-state index >= 15 is 0 Å². The maximum atomic E-state index is 6.54. The molecular weight excluding hydrogens is 357 g/mol. The molecule has 1 unspecified atom stereocenters. The summed E-state index contributed by atoms with van der Waals surface area (Å²) in [4.78, 5) is -0.860. The molecule has 0 aliphatic heterocycles. The van der Waals surface area contributed by atoms with E-state index in [1.165, 1.54) is 0 Å². The quantitative estimate of drug-likeness (QED) is 0.383. The first kappa shape index (κ1) is 14.8. The Morgan fingerprint density at radius 3 is 2.06 bits per heavy atom. The van der Waals surface area contributed by atoms with Crippen LogP contribution in [-0.4, -0.2) is 0 Å². The molecule has 0 saturated carbocycles. The molecule has 6 heteroatoms. The van der Waals surface area contributed by atoms with Crippen molar-refractivity contribution in [2.24, 2.45) is 0 Å². The summed E-state index contributed by atoms with van der Waals surface area (Å²) < 4.78 is 0. The molecule has 1 atom stereocenters. The minimum Gasteiger partial charge on any atom is -0.109 e. The molecule has 0 radical (unpaired) electrons. The zero-order valence-corrected chi connectivity index (χ0v) is 13.3. The largest absolute Gasteiger partial charge is 0.109 e. The number of rotatable bonds is 1. The second-order valence-electron chi connectivity index (χ2n) is 3.86. The normalized spacial score (nSPS) is 23.7. The maximum absolute atomic E-state index is 6.54. The van der Waals surface area contributed by atoms with Gasteiger partial charge in [0.15, 0.2) is 0 Å². The van der Waals surface area contributed by atoms with Crippen LogP contribution in [0.2, 0.25) is 15.1 Å². The highest BCUT2D eigenvalue weighted by atomic mass is 35.5. The van der Waals surface area contributed by atoms with Gasteiger partial charge in [0, 0.05) is 5.02 Å². The number of alkyl halides is 1. The summed E-state index contributed by atoms with van der Waals surface area (Å²) >= 11 is 36.5. The molecule has 0 N–H and O–H groups in total. The van der Waals surface area contributed by atoms with Crippen molar-refractivity contribution < 1.29 is 0 Å². The lowest BCUT2D eigenvalue weighted by Gasteiger charge is -2.27. The molecule has 0 bridgehead atoms. The molecule has 1 aromatic rings. The van der Waals surface area contributed by atoms with E-state index in [1.807, 2.05) is 0 Å². The second kappa shape index (κ2) is 5.44. The Labute approximate surface area is 135 Å². The average molecular weight is 363 g/mol. The lowest BCUT2D eigenvalue weighted by Crippen LogP contribution is -2.18. The third kappa shape index (κ3) is 2.80. The van der Waals surface area contributed by atoms with Gasteiger partial charge >= 0.3 is 0 Å². The monoisotopic (exact) mass is 360 g/mol. The third-order valence-electron chi connectivity index (χ3n) is 2.62. The Kier molecular flexibility index (Phi) is 4.48. The minimum absolute atomic E-state index is 0.380. The van der Waals surface area contributed by atoms with E-state index in [2.05, 4.69) is 0 Å². The van der Waals surface area contributed by atoms with Gasteiger partial charge in [-0.25, -0.2) is 0 Å². The van der Waals surface area contributed by atoms with Gasteiger partial charge in [-0.15, -0.1) is 11.6 Å². The highest BCUT2D eigenvalue weighted by molar-refractivity contribution is 6.45. The van der Waals surface area contributed by atoms with Crippen LogP contribution in [0.25, 0.3) is 0 Å². The van der Waals surface area contributed by atoms with Gasteiger partial charge in [-0.1, -0.05) is 64.1 Å². The fraction of sp³-hybridized carbons (Fsp3) is 0.167. The van der Waals surface area contributed by atoms with Crippen LogP contribution < -0.4 is 0 Å². The predicted octanol–water partition coefficient (Wildman–Crippen LogP) is 6.73. The Morgan fingerprint density at radius 2 is 1.44 bits per heavy atom. The summed E-state index contributed by atoms with van der Waals surface area (Å²) in [5, 5.41) is 2.07. The molecule has 0 amide bonds. The summed E-state index contributed by atoms with van der Waals surface area (Å²) in [6, 6.07) is 3.21. The van der Waals surface area contributed by atoms with E-state index in [1.54, 1.807) is 24.3 Å². The molecule has 0 aromatic heterocycles. The molecule has 0 saturated heterocycles. The van der Waals surface area contributed by atoms with Crippen molar-refractivity contribution in [3.8, 4) is 0 Å². The molecule has 1 aromatic carbocycles. The Hall–Kier alpha value is 0.440. The summed E-state index contributed by atoms with van der Waals surface area (Å²) in [6.45, 7) is 0. The summed E-state index contributed by atoms with van der Waals surface area (Å²) in [6.07, 6.45) is 3.88. The molecule has 1 aliphatic rings. The SMILES string of the molecule is ClC1=CCC(Cl)(c2cc(Cl)c(Cl)cc2Cl)C=C1Cl. The molecule has 0 spiro atoms. The van der Waals surface area contributed by atoms with Crippen LogP contribution >= 0.6 is 69.6 Å². The van der Waals surface area contributed by atoms with Crippen LogP contribution in [0.1, 0.15) is 12.0 Å². The van der Waals surface area contributed by atoms with Crippen molar-refractivity contribution in [2.75, 3.05) is 0 Å². The van der Waals surface area contributed by atoms with E-state index in [9.17, 15) is 0 Å². The van der Waals surface area contributed by atoms with Gasteiger partial charge in [0.05, 0.1) is 25.0 Å². The summed E-state index contributed by atoms with van der Waals surface area (Å²) in [5.74, 6) is 0. The lowest BCUT2D eigenvalue weighted by molar-refractivity contribution is 0.760. The third-order valence-corrected chi connectivity index (χ3v) is 4.89. The first-order valence-corrected chi connectivity index (χ1v) is 7.18. The molecule has 1 aliphatic carbocycles. The van der Waals surface area contributed by atoms with E-state index < -0.39 is 4.87 Å². The highest BCUT2D eigenvalue weighted by Crippen LogP contribution is 2.46. The van der Waals surface area contributed by atoms with E-state index in [4.69, 9.17) is 69.6 Å². The molecular formula is C12H6Cl6. The van der Waals surface area contributed by atoms with Crippen LogP contribution in [0.15, 0.2) is 34.3 Å². The Morgan fingerprint density at radius 1 is 0.833 bits per heavy atom. The van der Waals surface area contributed by atoms with Crippen LogP contribution in [0.3, 0.4) is 0 Å². The zero-order valence-electron chi connectivity index (χ0n) is 8.78. The minimum atomic E-state index is -0.860. The standard InChI is InChI=1S/C12H6Cl6/c13-7-1-2-12(18,5-11(7)17)6-3-9(15)10(16)4-8(6)14/h1,3-5H,2H2. The molecule has 96 valence electrons. The van der Waals surface area contributed by atoms with Gasteiger partial charge in [0.1, 0.15) is 0 Å². The Bertz CT molecular complexity index is 560. The highest BCUT2D eigenvalue weighted by Gasteiger charge is 2.32.